The van der Waals surface area contributed by atoms with E-state index in [-0.39, 0.29) is 5.75 Å². The first-order chi connectivity index (χ1) is 5.08. The quantitative estimate of drug-likeness (QED) is 0.632. The highest BCUT2D eigenvalue weighted by molar-refractivity contribution is 7.55. The summed E-state index contributed by atoms with van der Waals surface area (Å²) < 4.78 is 38.6. The van der Waals surface area contributed by atoms with Gasteiger partial charge in [-0.25, -0.2) is 0 Å². The summed E-state index contributed by atoms with van der Waals surface area (Å²) >= 11 is 0. The van der Waals surface area contributed by atoms with Gasteiger partial charge in [-0.2, -0.15) is 0 Å². The van der Waals surface area contributed by atoms with Gasteiger partial charge in [-0.1, -0.05) is 18.2 Å². The van der Waals surface area contributed by atoms with Crippen LogP contribution in [0.3, 0.4) is 0 Å². The lowest BCUT2D eigenvalue weighted by Crippen LogP contribution is -1.83. The van der Waals surface area contributed by atoms with Crippen molar-refractivity contribution < 1.29 is 17.1 Å². The lowest BCUT2D eigenvalue weighted by atomic mass is 10.3. The molecular weight excluding hydrogens is 176 g/mol. The predicted molar refractivity (Wildman–Crippen MR) is 37.3 cm³/mol. The Kier molecular flexibility index (Phi) is 2.35. The molecule has 0 heterocycles. The molecule has 0 bridgehead atoms. The SMILES string of the molecule is F[P+](F)(F)Oc1ccccc1. The smallest absolute Gasteiger partial charge is 0.251 e. The number of halogens is 3. The molecular formula is C6H5F3OP+. The minimum atomic E-state index is -5.64. The average Bonchev–Trinajstić information content (AvgIpc) is 1.85. The van der Waals surface area contributed by atoms with Crippen LogP contribution in [-0.4, -0.2) is 0 Å². The molecule has 0 fully saturated rings. The molecule has 1 rings (SSSR count). The van der Waals surface area contributed by atoms with Gasteiger partial charge in [-0.3, -0.25) is 4.52 Å². The van der Waals surface area contributed by atoms with Crippen LogP contribution in [0.1, 0.15) is 0 Å². The Morgan fingerprint density at radius 1 is 1.00 bits per heavy atom. The lowest BCUT2D eigenvalue weighted by Gasteiger charge is -1.94. The van der Waals surface area contributed by atoms with Crippen molar-refractivity contribution in [2.24, 2.45) is 0 Å². The van der Waals surface area contributed by atoms with E-state index in [2.05, 4.69) is 4.52 Å². The van der Waals surface area contributed by atoms with Gasteiger partial charge in [0.2, 0.25) is 0 Å². The minimum Gasteiger partial charge on any atom is -0.251 e. The molecule has 0 aromatic heterocycles. The van der Waals surface area contributed by atoms with Gasteiger partial charge in [0.15, 0.2) is 5.75 Å². The molecule has 0 saturated carbocycles. The highest BCUT2D eigenvalue weighted by atomic mass is 31.3. The molecule has 0 amide bonds. The summed E-state index contributed by atoms with van der Waals surface area (Å²) in [5.74, 6) is -0.145. The van der Waals surface area contributed by atoms with E-state index < -0.39 is 8.42 Å². The zero-order valence-electron chi connectivity index (χ0n) is 5.38. The second-order valence-electron chi connectivity index (χ2n) is 1.80. The topological polar surface area (TPSA) is 9.23 Å². The molecule has 5 heteroatoms. The van der Waals surface area contributed by atoms with Crippen molar-refractivity contribution in [2.45, 2.75) is 0 Å². The summed E-state index contributed by atoms with van der Waals surface area (Å²) in [6.07, 6.45) is 0. The minimum absolute atomic E-state index is 0.145. The summed E-state index contributed by atoms with van der Waals surface area (Å²) in [7, 11) is -5.64. The Morgan fingerprint density at radius 2 is 1.55 bits per heavy atom. The number of hydrogen-bond donors (Lipinski definition) is 0. The van der Waals surface area contributed by atoms with Crippen LogP contribution < -0.4 is 4.52 Å². The molecule has 0 aliphatic rings. The molecule has 1 aromatic rings. The van der Waals surface area contributed by atoms with Crippen LogP contribution in [0.5, 0.6) is 5.75 Å². The third-order valence-corrected chi connectivity index (χ3v) is 1.37. The van der Waals surface area contributed by atoms with E-state index in [9.17, 15) is 12.6 Å². The molecule has 1 nitrogen and oxygen atoms in total. The van der Waals surface area contributed by atoms with Crippen LogP contribution in [-0.2, 0) is 0 Å². The van der Waals surface area contributed by atoms with E-state index >= 15 is 0 Å². The molecule has 0 aliphatic heterocycles. The second-order valence-corrected chi connectivity index (χ2v) is 2.78. The van der Waals surface area contributed by atoms with Gasteiger partial charge in [0, 0.05) is 0 Å². The highest BCUT2D eigenvalue weighted by Gasteiger charge is 2.48. The first-order valence-corrected chi connectivity index (χ1v) is 4.18. The Labute approximate surface area is 62.6 Å². The van der Waals surface area contributed by atoms with Crippen LogP contribution in [0.25, 0.3) is 0 Å². The van der Waals surface area contributed by atoms with Crippen molar-refractivity contribution in [3.8, 4) is 5.75 Å². The molecule has 0 N–H and O–H groups in total. The van der Waals surface area contributed by atoms with Crippen molar-refractivity contribution in [3.05, 3.63) is 30.3 Å². The number of benzene rings is 1. The molecule has 0 radical (unpaired) electrons. The van der Waals surface area contributed by atoms with Crippen molar-refractivity contribution in [1.82, 2.24) is 0 Å². The van der Waals surface area contributed by atoms with Crippen molar-refractivity contribution in [3.63, 3.8) is 0 Å². The fourth-order valence-corrected chi connectivity index (χ4v) is 0.962. The Hall–Kier alpha value is -0.760. The lowest BCUT2D eigenvalue weighted by molar-refractivity contribution is 0.405. The van der Waals surface area contributed by atoms with Crippen molar-refractivity contribution >= 4 is 8.42 Å². The standard InChI is InChI=1S/C6H5F3OP/c7-11(8,9)10-6-4-2-1-3-5-6/h1-5H/q+1. The summed E-state index contributed by atoms with van der Waals surface area (Å²) in [5, 5.41) is 0. The normalized spacial score (nSPS) is 11.2. The summed E-state index contributed by atoms with van der Waals surface area (Å²) in [6.45, 7) is 0. The first-order valence-electron chi connectivity index (χ1n) is 2.80. The second kappa shape index (κ2) is 3.09. The highest BCUT2D eigenvalue weighted by Crippen LogP contribution is 2.64. The van der Waals surface area contributed by atoms with Gasteiger partial charge >= 0.3 is 8.42 Å². The van der Waals surface area contributed by atoms with Gasteiger partial charge in [0.25, 0.3) is 0 Å². The molecule has 0 saturated heterocycles. The van der Waals surface area contributed by atoms with Gasteiger partial charge in [-0.05, 0) is 12.1 Å². The third kappa shape index (κ3) is 3.23. The molecule has 0 unspecified atom stereocenters. The van der Waals surface area contributed by atoms with Crippen LogP contribution in [0, 0.1) is 0 Å². The van der Waals surface area contributed by atoms with Gasteiger partial charge in [0.1, 0.15) is 0 Å². The molecule has 0 aliphatic carbocycles. The Bertz CT molecular complexity index is 221. The first kappa shape index (κ1) is 8.34. The number of hydrogen-bond acceptors (Lipinski definition) is 1. The average molecular weight is 181 g/mol. The summed E-state index contributed by atoms with van der Waals surface area (Å²) in [6, 6.07) is 7.15. The van der Waals surface area contributed by atoms with Gasteiger partial charge in [0.05, 0.1) is 12.6 Å². The maximum atomic E-state index is 11.6. The van der Waals surface area contributed by atoms with E-state index in [4.69, 9.17) is 0 Å². The van der Waals surface area contributed by atoms with Crippen molar-refractivity contribution in [1.29, 1.82) is 0 Å². The van der Waals surface area contributed by atoms with E-state index in [1.165, 1.54) is 24.3 Å². The number of para-hydroxylation sites is 1. The molecule has 0 spiro atoms. The van der Waals surface area contributed by atoms with E-state index in [0.717, 1.165) is 0 Å². The largest absolute Gasteiger partial charge is 0.758 e. The molecule has 0 atom stereocenters. The Balaban J connectivity index is 2.66. The zero-order valence-corrected chi connectivity index (χ0v) is 6.27. The molecule has 1 aromatic carbocycles. The summed E-state index contributed by atoms with van der Waals surface area (Å²) in [5.41, 5.74) is 0. The predicted octanol–water partition coefficient (Wildman–Crippen LogP) is 3.65. The van der Waals surface area contributed by atoms with E-state index in [0.29, 0.717) is 0 Å². The number of rotatable bonds is 2. The fraction of sp³-hybridized carbons (Fsp3) is 0. The maximum Gasteiger partial charge on any atom is 0.758 e. The Morgan fingerprint density at radius 3 is 2.00 bits per heavy atom. The summed E-state index contributed by atoms with van der Waals surface area (Å²) in [4.78, 5) is 0. The third-order valence-electron chi connectivity index (χ3n) is 0.952. The monoisotopic (exact) mass is 181 g/mol. The van der Waals surface area contributed by atoms with Crippen LogP contribution in [0.4, 0.5) is 12.6 Å². The zero-order chi connectivity index (χ0) is 8.32. The molecule has 60 valence electrons. The van der Waals surface area contributed by atoms with Crippen LogP contribution in [0.15, 0.2) is 30.3 Å². The van der Waals surface area contributed by atoms with Crippen LogP contribution in [0.2, 0.25) is 0 Å². The van der Waals surface area contributed by atoms with E-state index in [1.807, 2.05) is 0 Å². The van der Waals surface area contributed by atoms with Gasteiger partial charge in [-0.15, -0.1) is 0 Å². The van der Waals surface area contributed by atoms with Gasteiger partial charge < -0.3 is 0 Å². The van der Waals surface area contributed by atoms with Crippen molar-refractivity contribution in [2.75, 3.05) is 0 Å². The van der Waals surface area contributed by atoms with Crippen LogP contribution >= 0.6 is 8.42 Å². The molecule has 11 heavy (non-hydrogen) atoms. The van der Waals surface area contributed by atoms with E-state index in [1.54, 1.807) is 6.07 Å². The maximum absolute atomic E-state index is 11.6. The fourth-order valence-electron chi connectivity index (χ4n) is 0.601.